The van der Waals surface area contributed by atoms with E-state index in [2.05, 4.69) is 25.5 Å². The highest BCUT2D eigenvalue weighted by Gasteiger charge is 2.24. The van der Waals surface area contributed by atoms with Crippen LogP contribution in [0.4, 0.5) is 0 Å². The Hall–Kier alpha value is -0.830. The van der Waals surface area contributed by atoms with Crippen LogP contribution in [0, 0.1) is 19.8 Å². The summed E-state index contributed by atoms with van der Waals surface area (Å²) in [6.07, 6.45) is 6.61. The zero-order valence-electron chi connectivity index (χ0n) is 11.4. The summed E-state index contributed by atoms with van der Waals surface area (Å²) in [4.78, 5) is 0. The van der Waals surface area contributed by atoms with Gasteiger partial charge in [-0.3, -0.25) is 4.68 Å². The fourth-order valence-corrected chi connectivity index (χ4v) is 3.15. The zero-order valence-corrected chi connectivity index (χ0v) is 11.4. The predicted octanol–water partition coefficient (Wildman–Crippen LogP) is 3.10. The van der Waals surface area contributed by atoms with Gasteiger partial charge in [-0.15, -0.1) is 0 Å². The summed E-state index contributed by atoms with van der Waals surface area (Å²) in [5.74, 6) is 0.942. The Bertz CT molecular complexity index is 373. The molecule has 3 heteroatoms. The van der Waals surface area contributed by atoms with Crippen LogP contribution in [0.5, 0.6) is 0 Å². The summed E-state index contributed by atoms with van der Waals surface area (Å²) in [5.41, 5.74) is 9.42. The first-order valence-corrected chi connectivity index (χ1v) is 6.92. The van der Waals surface area contributed by atoms with Crippen LogP contribution in [-0.2, 0) is 6.54 Å². The standard InChI is InChI=1S/C14H25N3/c1-4-12-5-7-13(8-6-12)17-11(3)14(9-15)10(2)16-17/h12-13H,4-9,15H2,1-3H3. The number of aromatic nitrogens is 2. The van der Waals surface area contributed by atoms with Gasteiger partial charge in [0.25, 0.3) is 0 Å². The van der Waals surface area contributed by atoms with Gasteiger partial charge in [0.15, 0.2) is 0 Å². The van der Waals surface area contributed by atoms with Gasteiger partial charge in [-0.05, 0) is 45.4 Å². The number of rotatable bonds is 3. The molecule has 0 saturated heterocycles. The van der Waals surface area contributed by atoms with Gasteiger partial charge in [-0.1, -0.05) is 13.3 Å². The Kier molecular flexibility index (Phi) is 3.87. The van der Waals surface area contributed by atoms with Gasteiger partial charge in [0.1, 0.15) is 0 Å². The SMILES string of the molecule is CCC1CCC(n2nc(C)c(CN)c2C)CC1. The van der Waals surface area contributed by atoms with Gasteiger partial charge in [0, 0.05) is 17.8 Å². The fourth-order valence-electron chi connectivity index (χ4n) is 3.15. The number of nitrogens with zero attached hydrogens (tertiary/aromatic N) is 2. The molecule has 3 nitrogen and oxygen atoms in total. The van der Waals surface area contributed by atoms with Crippen molar-refractivity contribution in [2.24, 2.45) is 11.7 Å². The maximum atomic E-state index is 5.78. The molecule has 0 amide bonds. The Morgan fingerprint density at radius 2 is 1.88 bits per heavy atom. The van der Waals surface area contributed by atoms with Crippen molar-refractivity contribution in [2.45, 2.75) is 65.5 Å². The lowest BCUT2D eigenvalue weighted by atomic mass is 9.84. The molecule has 1 aliphatic rings. The molecular formula is C14H25N3. The first-order valence-electron chi connectivity index (χ1n) is 6.92. The minimum Gasteiger partial charge on any atom is -0.326 e. The van der Waals surface area contributed by atoms with Crippen LogP contribution in [0.2, 0.25) is 0 Å². The molecule has 2 N–H and O–H groups in total. The maximum absolute atomic E-state index is 5.78. The molecule has 1 aromatic rings. The fraction of sp³-hybridized carbons (Fsp3) is 0.786. The van der Waals surface area contributed by atoms with E-state index < -0.39 is 0 Å². The van der Waals surface area contributed by atoms with Gasteiger partial charge >= 0.3 is 0 Å². The second-order valence-corrected chi connectivity index (χ2v) is 5.38. The largest absolute Gasteiger partial charge is 0.326 e. The molecule has 1 heterocycles. The van der Waals surface area contributed by atoms with E-state index in [-0.39, 0.29) is 0 Å². The van der Waals surface area contributed by atoms with Crippen molar-refractivity contribution in [1.29, 1.82) is 0 Å². The molecule has 0 atom stereocenters. The second kappa shape index (κ2) is 5.21. The minimum atomic E-state index is 0.608. The molecule has 1 aliphatic carbocycles. The molecule has 0 unspecified atom stereocenters. The van der Waals surface area contributed by atoms with Gasteiger partial charge in [-0.25, -0.2) is 0 Å². The van der Waals surface area contributed by atoms with Crippen LogP contribution >= 0.6 is 0 Å². The Labute approximate surface area is 104 Å². The molecule has 2 rings (SSSR count). The first-order chi connectivity index (χ1) is 8.17. The Morgan fingerprint density at radius 3 is 2.35 bits per heavy atom. The third-order valence-electron chi connectivity index (χ3n) is 4.42. The molecular weight excluding hydrogens is 210 g/mol. The van der Waals surface area contributed by atoms with Crippen LogP contribution < -0.4 is 5.73 Å². The van der Waals surface area contributed by atoms with E-state index in [0.29, 0.717) is 12.6 Å². The van der Waals surface area contributed by atoms with Crippen LogP contribution in [0.1, 0.15) is 62.0 Å². The molecule has 0 aromatic carbocycles. The van der Waals surface area contributed by atoms with Crippen LogP contribution in [0.3, 0.4) is 0 Å². The van der Waals surface area contributed by atoms with E-state index in [1.165, 1.54) is 43.4 Å². The lowest BCUT2D eigenvalue weighted by Crippen LogP contribution is -2.20. The predicted molar refractivity (Wildman–Crippen MR) is 70.9 cm³/mol. The van der Waals surface area contributed by atoms with E-state index in [1.807, 2.05) is 0 Å². The van der Waals surface area contributed by atoms with Crippen LogP contribution in [0.25, 0.3) is 0 Å². The second-order valence-electron chi connectivity index (χ2n) is 5.38. The van der Waals surface area contributed by atoms with Crippen molar-refractivity contribution in [3.63, 3.8) is 0 Å². The molecule has 0 bridgehead atoms. The van der Waals surface area contributed by atoms with Crippen molar-refractivity contribution in [3.8, 4) is 0 Å². The van der Waals surface area contributed by atoms with Crippen molar-refractivity contribution >= 4 is 0 Å². The van der Waals surface area contributed by atoms with E-state index >= 15 is 0 Å². The maximum Gasteiger partial charge on any atom is 0.0641 e. The highest BCUT2D eigenvalue weighted by atomic mass is 15.3. The molecule has 0 aliphatic heterocycles. The van der Waals surface area contributed by atoms with Gasteiger partial charge < -0.3 is 5.73 Å². The first kappa shape index (κ1) is 12.6. The quantitative estimate of drug-likeness (QED) is 0.875. The molecule has 0 spiro atoms. The Morgan fingerprint density at radius 1 is 1.24 bits per heavy atom. The zero-order chi connectivity index (χ0) is 12.4. The van der Waals surface area contributed by atoms with Gasteiger partial charge in [0.05, 0.1) is 11.7 Å². The molecule has 0 radical (unpaired) electrons. The number of aryl methyl sites for hydroxylation is 1. The summed E-state index contributed by atoms with van der Waals surface area (Å²) in [6, 6.07) is 0.608. The van der Waals surface area contributed by atoms with Crippen molar-refractivity contribution in [3.05, 3.63) is 17.0 Å². The third kappa shape index (κ3) is 2.39. The summed E-state index contributed by atoms with van der Waals surface area (Å²) >= 11 is 0. The van der Waals surface area contributed by atoms with Crippen LogP contribution in [-0.4, -0.2) is 9.78 Å². The summed E-state index contributed by atoms with van der Waals surface area (Å²) in [5, 5.41) is 4.69. The third-order valence-corrected chi connectivity index (χ3v) is 4.42. The normalized spacial score (nSPS) is 25.2. The molecule has 1 saturated carbocycles. The monoisotopic (exact) mass is 235 g/mol. The lowest BCUT2D eigenvalue weighted by Gasteiger charge is -2.28. The number of hydrogen-bond donors (Lipinski definition) is 1. The molecule has 17 heavy (non-hydrogen) atoms. The van der Waals surface area contributed by atoms with E-state index in [9.17, 15) is 0 Å². The lowest BCUT2D eigenvalue weighted by molar-refractivity contribution is 0.253. The summed E-state index contributed by atoms with van der Waals surface area (Å²) < 4.78 is 2.24. The average Bonchev–Trinajstić information content (AvgIpc) is 2.64. The van der Waals surface area contributed by atoms with E-state index in [0.717, 1.165) is 11.6 Å². The highest BCUT2D eigenvalue weighted by Crippen LogP contribution is 2.34. The molecule has 96 valence electrons. The molecule has 1 fully saturated rings. The smallest absolute Gasteiger partial charge is 0.0641 e. The van der Waals surface area contributed by atoms with E-state index in [1.54, 1.807) is 0 Å². The minimum absolute atomic E-state index is 0.608. The topological polar surface area (TPSA) is 43.8 Å². The number of hydrogen-bond acceptors (Lipinski definition) is 2. The summed E-state index contributed by atoms with van der Waals surface area (Å²) in [6.45, 7) is 7.15. The van der Waals surface area contributed by atoms with Crippen LogP contribution in [0.15, 0.2) is 0 Å². The number of nitrogens with two attached hydrogens (primary N) is 1. The van der Waals surface area contributed by atoms with Crippen molar-refractivity contribution < 1.29 is 0 Å². The van der Waals surface area contributed by atoms with Gasteiger partial charge in [-0.2, -0.15) is 5.10 Å². The highest BCUT2D eigenvalue weighted by molar-refractivity contribution is 5.24. The average molecular weight is 235 g/mol. The van der Waals surface area contributed by atoms with E-state index in [4.69, 9.17) is 10.8 Å². The molecule has 1 aromatic heterocycles. The van der Waals surface area contributed by atoms with Crippen molar-refractivity contribution in [2.75, 3.05) is 0 Å². The van der Waals surface area contributed by atoms with Crippen molar-refractivity contribution in [1.82, 2.24) is 9.78 Å². The Balaban J connectivity index is 2.13. The summed E-state index contributed by atoms with van der Waals surface area (Å²) in [7, 11) is 0. The van der Waals surface area contributed by atoms with Gasteiger partial charge in [0.2, 0.25) is 0 Å².